The van der Waals surface area contributed by atoms with Crippen molar-refractivity contribution in [2.24, 2.45) is 0 Å². The van der Waals surface area contributed by atoms with Crippen LogP contribution in [0, 0.1) is 0 Å². The third-order valence-electron chi connectivity index (χ3n) is 3.88. The molecule has 0 aliphatic carbocycles. The smallest absolute Gasteiger partial charge is 0.279 e. The number of anilines is 1. The Kier molecular flexibility index (Phi) is 5.23. The van der Waals surface area contributed by atoms with Gasteiger partial charge in [0.15, 0.2) is 18.0 Å². The molecule has 1 atom stereocenters. The first-order valence-corrected chi connectivity index (χ1v) is 8.28. The fourth-order valence-corrected chi connectivity index (χ4v) is 2.65. The van der Waals surface area contributed by atoms with Gasteiger partial charge in [-0.15, -0.1) is 0 Å². The standard InChI is InChI=1S/C18H19ClN2O3/c1-12(13-2-4-14(19)5-3-13)20-11-18(22)21-15-6-7-16-17(10-15)24-9-8-23-16/h2-7,10,12,20H,8-9,11H2,1H3,(H,21,22)/p+1/t12-/m0/s1. The molecule has 0 radical (unpaired) electrons. The number of amides is 1. The van der Waals surface area contributed by atoms with Crippen molar-refractivity contribution in [2.75, 3.05) is 25.1 Å². The molecule has 0 bridgehead atoms. The van der Waals surface area contributed by atoms with Crippen molar-refractivity contribution < 1.29 is 19.6 Å². The number of fused-ring (bicyclic) bond motifs is 1. The summed E-state index contributed by atoms with van der Waals surface area (Å²) < 4.78 is 11.0. The van der Waals surface area contributed by atoms with Crippen LogP contribution in [-0.4, -0.2) is 25.7 Å². The van der Waals surface area contributed by atoms with Crippen molar-refractivity contribution in [2.45, 2.75) is 13.0 Å². The maximum Gasteiger partial charge on any atom is 0.279 e. The molecule has 0 saturated carbocycles. The summed E-state index contributed by atoms with van der Waals surface area (Å²) in [5, 5.41) is 5.57. The molecule has 5 nitrogen and oxygen atoms in total. The van der Waals surface area contributed by atoms with E-state index in [0.29, 0.717) is 42.0 Å². The predicted molar refractivity (Wildman–Crippen MR) is 92.7 cm³/mol. The molecule has 3 N–H and O–H groups in total. The number of benzene rings is 2. The maximum atomic E-state index is 12.1. The number of hydrogen-bond donors (Lipinski definition) is 2. The normalized spacial score (nSPS) is 14.1. The van der Waals surface area contributed by atoms with Gasteiger partial charge >= 0.3 is 0 Å². The molecule has 0 saturated heterocycles. The van der Waals surface area contributed by atoms with Gasteiger partial charge in [0.25, 0.3) is 5.91 Å². The van der Waals surface area contributed by atoms with Crippen LogP contribution in [0.3, 0.4) is 0 Å². The summed E-state index contributed by atoms with van der Waals surface area (Å²) in [6.07, 6.45) is 0. The van der Waals surface area contributed by atoms with Crippen LogP contribution in [0.1, 0.15) is 18.5 Å². The number of halogens is 1. The van der Waals surface area contributed by atoms with Crippen LogP contribution in [-0.2, 0) is 4.79 Å². The molecule has 24 heavy (non-hydrogen) atoms. The largest absolute Gasteiger partial charge is 0.486 e. The van der Waals surface area contributed by atoms with Gasteiger partial charge < -0.3 is 20.1 Å². The Morgan fingerprint density at radius 1 is 1.17 bits per heavy atom. The second kappa shape index (κ2) is 7.55. The van der Waals surface area contributed by atoms with Gasteiger partial charge in [0.1, 0.15) is 19.3 Å². The molecule has 1 amide bonds. The lowest BCUT2D eigenvalue weighted by atomic mass is 10.1. The van der Waals surface area contributed by atoms with E-state index >= 15 is 0 Å². The molecule has 1 aliphatic rings. The lowest BCUT2D eigenvalue weighted by Gasteiger charge is -2.19. The van der Waals surface area contributed by atoms with Gasteiger partial charge in [0, 0.05) is 22.3 Å². The molecular formula is C18H20ClN2O3+. The highest BCUT2D eigenvalue weighted by molar-refractivity contribution is 6.30. The van der Waals surface area contributed by atoms with Crippen LogP contribution in [0.25, 0.3) is 0 Å². The van der Waals surface area contributed by atoms with Crippen molar-refractivity contribution in [3.8, 4) is 11.5 Å². The molecule has 0 spiro atoms. The summed E-state index contributed by atoms with van der Waals surface area (Å²) in [5.74, 6) is 1.31. The van der Waals surface area contributed by atoms with Gasteiger partial charge in [0.05, 0.1) is 0 Å². The average molecular weight is 348 g/mol. The first-order valence-electron chi connectivity index (χ1n) is 7.90. The molecule has 1 aliphatic heterocycles. The topological polar surface area (TPSA) is 64.2 Å². The fraction of sp³-hybridized carbons (Fsp3) is 0.278. The van der Waals surface area contributed by atoms with Crippen LogP contribution < -0.4 is 20.1 Å². The summed E-state index contributed by atoms with van der Waals surface area (Å²) in [5.41, 5.74) is 1.84. The van der Waals surface area contributed by atoms with E-state index in [1.165, 1.54) is 0 Å². The summed E-state index contributed by atoms with van der Waals surface area (Å²) in [6, 6.07) is 13.2. The van der Waals surface area contributed by atoms with Crippen LogP contribution in [0.5, 0.6) is 11.5 Å². The Morgan fingerprint density at radius 2 is 1.88 bits per heavy atom. The fourth-order valence-electron chi connectivity index (χ4n) is 2.52. The van der Waals surface area contributed by atoms with Gasteiger partial charge in [-0.3, -0.25) is 4.79 Å². The van der Waals surface area contributed by atoms with E-state index in [-0.39, 0.29) is 11.9 Å². The third-order valence-corrected chi connectivity index (χ3v) is 4.13. The SMILES string of the molecule is C[C@H]([NH2+]CC(=O)Nc1ccc2c(c1)OCCO2)c1ccc(Cl)cc1. The zero-order chi connectivity index (χ0) is 16.9. The Labute approximate surface area is 145 Å². The Hall–Kier alpha value is -2.24. The summed E-state index contributed by atoms with van der Waals surface area (Å²) in [4.78, 5) is 12.1. The second-order valence-corrected chi connectivity index (χ2v) is 6.12. The van der Waals surface area contributed by atoms with Gasteiger partial charge in [-0.1, -0.05) is 23.7 Å². The highest BCUT2D eigenvalue weighted by Gasteiger charge is 2.14. The molecule has 126 valence electrons. The Balaban J connectivity index is 1.53. The zero-order valence-corrected chi connectivity index (χ0v) is 14.2. The molecule has 2 aromatic rings. The minimum atomic E-state index is -0.0625. The molecule has 2 aromatic carbocycles. The highest BCUT2D eigenvalue weighted by Crippen LogP contribution is 2.32. The molecule has 0 aromatic heterocycles. The molecule has 0 unspecified atom stereocenters. The number of carbonyl (C=O) groups is 1. The monoisotopic (exact) mass is 347 g/mol. The average Bonchev–Trinajstić information content (AvgIpc) is 2.60. The van der Waals surface area contributed by atoms with Gasteiger partial charge in [-0.25, -0.2) is 0 Å². The number of rotatable bonds is 5. The Morgan fingerprint density at radius 3 is 2.62 bits per heavy atom. The Bertz CT molecular complexity index is 719. The molecule has 6 heteroatoms. The van der Waals surface area contributed by atoms with Gasteiger partial charge in [-0.2, -0.15) is 0 Å². The van der Waals surface area contributed by atoms with Crippen LogP contribution >= 0.6 is 11.6 Å². The second-order valence-electron chi connectivity index (χ2n) is 5.69. The molecule has 3 rings (SSSR count). The molecule has 0 fully saturated rings. The lowest BCUT2D eigenvalue weighted by molar-refractivity contribution is -0.682. The number of ether oxygens (including phenoxy) is 2. The minimum Gasteiger partial charge on any atom is -0.486 e. The quantitative estimate of drug-likeness (QED) is 0.872. The molecule has 1 heterocycles. The summed E-state index contributed by atoms with van der Waals surface area (Å²) in [7, 11) is 0. The van der Waals surface area contributed by atoms with Crippen LogP contribution in [0.15, 0.2) is 42.5 Å². The van der Waals surface area contributed by atoms with E-state index < -0.39 is 0 Å². The van der Waals surface area contributed by atoms with Crippen molar-refractivity contribution in [1.82, 2.24) is 0 Å². The number of nitrogens with two attached hydrogens (primary N) is 1. The summed E-state index contributed by atoms with van der Waals surface area (Å²) >= 11 is 5.89. The lowest BCUT2D eigenvalue weighted by Crippen LogP contribution is -2.86. The van der Waals surface area contributed by atoms with Crippen molar-refractivity contribution in [3.63, 3.8) is 0 Å². The third kappa shape index (κ3) is 4.19. The van der Waals surface area contributed by atoms with Gasteiger partial charge in [-0.05, 0) is 31.2 Å². The number of quaternary nitrogens is 1. The van der Waals surface area contributed by atoms with Gasteiger partial charge in [0.2, 0.25) is 0 Å². The number of nitrogens with one attached hydrogen (secondary N) is 1. The van der Waals surface area contributed by atoms with E-state index in [0.717, 1.165) is 5.56 Å². The maximum absolute atomic E-state index is 12.1. The summed E-state index contributed by atoms with van der Waals surface area (Å²) in [6.45, 7) is 3.46. The van der Waals surface area contributed by atoms with E-state index in [4.69, 9.17) is 21.1 Å². The van der Waals surface area contributed by atoms with Crippen molar-refractivity contribution in [3.05, 3.63) is 53.1 Å². The molecular weight excluding hydrogens is 328 g/mol. The zero-order valence-electron chi connectivity index (χ0n) is 13.4. The highest BCUT2D eigenvalue weighted by atomic mass is 35.5. The van der Waals surface area contributed by atoms with Crippen LogP contribution in [0.4, 0.5) is 5.69 Å². The first kappa shape index (κ1) is 16.6. The minimum absolute atomic E-state index is 0.0625. The number of hydrogen-bond acceptors (Lipinski definition) is 3. The van der Waals surface area contributed by atoms with E-state index in [1.54, 1.807) is 6.07 Å². The first-order chi connectivity index (χ1) is 11.6. The van der Waals surface area contributed by atoms with Crippen molar-refractivity contribution >= 4 is 23.2 Å². The van der Waals surface area contributed by atoms with E-state index in [9.17, 15) is 4.79 Å². The van der Waals surface area contributed by atoms with E-state index in [1.807, 2.05) is 41.7 Å². The van der Waals surface area contributed by atoms with Crippen LogP contribution in [0.2, 0.25) is 5.02 Å². The predicted octanol–water partition coefficient (Wildman–Crippen LogP) is 2.37. The van der Waals surface area contributed by atoms with E-state index in [2.05, 4.69) is 12.2 Å². The number of carbonyl (C=O) groups excluding carboxylic acids is 1. The van der Waals surface area contributed by atoms with Crippen molar-refractivity contribution in [1.29, 1.82) is 0 Å².